The van der Waals surface area contributed by atoms with Crippen LogP contribution in [0.25, 0.3) is 0 Å². The van der Waals surface area contributed by atoms with E-state index in [2.05, 4.69) is 14.9 Å². The van der Waals surface area contributed by atoms with Crippen LogP contribution in [0.5, 0.6) is 6.01 Å². The Morgan fingerprint density at radius 1 is 1.03 bits per heavy atom. The van der Waals surface area contributed by atoms with Gasteiger partial charge in [0.25, 0.3) is 0 Å². The summed E-state index contributed by atoms with van der Waals surface area (Å²) in [6.45, 7) is 1.75. The lowest BCUT2D eigenvalue weighted by Gasteiger charge is -2.36. The van der Waals surface area contributed by atoms with Crippen molar-refractivity contribution in [2.75, 3.05) is 26.2 Å². The highest BCUT2D eigenvalue weighted by Crippen LogP contribution is 2.39. The van der Waals surface area contributed by atoms with E-state index in [0.29, 0.717) is 31.4 Å². The quantitative estimate of drug-likeness (QED) is 0.672. The lowest BCUT2D eigenvalue weighted by atomic mass is 10.2. The van der Waals surface area contributed by atoms with E-state index >= 15 is 0 Å². The molecule has 2 aliphatic heterocycles. The Morgan fingerprint density at radius 3 is 2.47 bits per heavy atom. The zero-order valence-electron chi connectivity index (χ0n) is 17.2. The number of sulfonamides is 1. The minimum Gasteiger partial charge on any atom is -0.459 e. The standard InChI is InChI=1S/C21H23F3N4O3S/c22-21(23,24)15-3-5-18(6-4-15)32(29,30)28-10-9-27-13-17(11-16(27)12-28)31-20-25-8-7-19(26-20)14-1-2-14/h3-8,14,16-17H,1-2,9-13H2/t16-,17-/m0/s1. The summed E-state index contributed by atoms with van der Waals surface area (Å²) in [7, 11) is -3.87. The molecule has 0 radical (unpaired) electrons. The monoisotopic (exact) mass is 468 g/mol. The van der Waals surface area contributed by atoms with Gasteiger partial charge in [0.15, 0.2) is 0 Å². The lowest BCUT2D eigenvalue weighted by Crippen LogP contribution is -2.51. The van der Waals surface area contributed by atoms with E-state index in [9.17, 15) is 21.6 Å². The summed E-state index contributed by atoms with van der Waals surface area (Å²) in [5, 5.41) is 0. The van der Waals surface area contributed by atoms with E-state index in [0.717, 1.165) is 42.8 Å². The molecule has 11 heteroatoms. The van der Waals surface area contributed by atoms with Crippen LogP contribution in [0.3, 0.4) is 0 Å². The average molecular weight is 469 g/mol. The largest absolute Gasteiger partial charge is 0.459 e. The van der Waals surface area contributed by atoms with Crippen molar-refractivity contribution >= 4 is 10.0 Å². The highest BCUT2D eigenvalue weighted by molar-refractivity contribution is 7.89. The number of rotatable bonds is 5. The maximum Gasteiger partial charge on any atom is 0.416 e. The Hall–Kier alpha value is -2.24. The van der Waals surface area contributed by atoms with Crippen molar-refractivity contribution in [2.45, 2.75) is 48.4 Å². The predicted octanol–water partition coefficient (Wildman–Crippen LogP) is 2.90. The number of aromatic nitrogens is 2. The average Bonchev–Trinajstić information content (AvgIpc) is 3.53. The summed E-state index contributed by atoms with van der Waals surface area (Å²) in [6.07, 6.45) is -0.0255. The van der Waals surface area contributed by atoms with Gasteiger partial charge in [-0.2, -0.15) is 22.5 Å². The molecule has 2 aromatic rings. The number of piperazine rings is 1. The van der Waals surface area contributed by atoms with Gasteiger partial charge in [0.05, 0.1) is 16.2 Å². The Kier molecular flexibility index (Phi) is 5.37. The normalized spacial score (nSPS) is 25.0. The Balaban J connectivity index is 1.24. The van der Waals surface area contributed by atoms with Crippen LogP contribution < -0.4 is 4.74 Å². The molecular weight excluding hydrogens is 445 g/mol. The van der Waals surface area contributed by atoms with Gasteiger partial charge in [-0.05, 0) is 43.2 Å². The van der Waals surface area contributed by atoms with Crippen molar-refractivity contribution < 1.29 is 26.3 Å². The molecule has 172 valence electrons. The summed E-state index contributed by atoms with van der Waals surface area (Å²) in [5.74, 6) is 0.499. The van der Waals surface area contributed by atoms with E-state index in [1.165, 1.54) is 4.31 Å². The molecule has 7 nitrogen and oxygen atoms in total. The number of fused-ring (bicyclic) bond motifs is 1. The molecule has 3 heterocycles. The summed E-state index contributed by atoms with van der Waals surface area (Å²) >= 11 is 0. The van der Waals surface area contributed by atoms with Crippen LogP contribution in [-0.2, 0) is 16.2 Å². The Labute approximate surface area is 184 Å². The van der Waals surface area contributed by atoms with Crippen LogP contribution in [0.2, 0.25) is 0 Å². The zero-order valence-corrected chi connectivity index (χ0v) is 18.0. The van der Waals surface area contributed by atoms with Gasteiger partial charge in [-0.3, -0.25) is 4.90 Å². The van der Waals surface area contributed by atoms with Crippen molar-refractivity contribution in [3.05, 3.63) is 47.8 Å². The van der Waals surface area contributed by atoms with Crippen LogP contribution in [0.1, 0.15) is 36.4 Å². The molecule has 3 fully saturated rings. The molecule has 1 saturated carbocycles. The first kappa shape index (κ1) is 21.6. The molecule has 3 aliphatic rings. The fourth-order valence-electron chi connectivity index (χ4n) is 4.40. The summed E-state index contributed by atoms with van der Waals surface area (Å²) in [4.78, 5) is 10.8. The maximum absolute atomic E-state index is 13.0. The third-order valence-electron chi connectivity index (χ3n) is 6.28. The van der Waals surface area contributed by atoms with Gasteiger partial charge >= 0.3 is 12.2 Å². The number of hydrogen-bond acceptors (Lipinski definition) is 6. The molecule has 2 saturated heterocycles. The first-order valence-corrected chi connectivity index (χ1v) is 12.1. The van der Waals surface area contributed by atoms with Gasteiger partial charge in [0, 0.05) is 50.8 Å². The highest BCUT2D eigenvalue weighted by Gasteiger charge is 2.41. The van der Waals surface area contributed by atoms with Crippen molar-refractivity contribution in [1.29, 1.82) is 0 Å². The second-order valence-corrected chi connectivity index (χ2v) is 10.5. The Bertz CT molecular complexity index is 1090. The maximum atomic E-state index is 13.0. The number of benzene rings is 1. The molecule has 2 atom stereocenters. The van der Waals surface area contributed by atoms with Crippen molar-refractivity contribution in [3.63, 3.8) is 0 Å². The van der Waals surface area contributed by atoms with Gasteiger partial charge in [-0.1, -0.05) is 0 Å². The topological polar surface area (TPSA) is 75.6 Å². The van der Waals surface area contributed by atoms with E-state index in [-0.39, 0.29) is 30.1 Å². The lowest BCUT2D eigenvalue weighted by molar-refractivity contribution is -0.137. The van der Waals surface area contributed by atoms with E-state index in [1.807, 2.05) is 6.07 Å². The van der Waals surface area contributed by atoms with E-state index < -0.39 is 21.8 Å². The molecule has 0 amide bonds. The molecule has 32 heavy (non-hydrogen) atoms. The number of hydrogen-bond donors (Lipinski definition) is 0. The molecule has 1 aliphatic carbocycles. The summed E-state index contributed by atoms with van der Waals surface area (Å²) in [5.41, 5.74) is 0.129. The minimum absolute atomic E-state index is 0.0235. The van der Waals surface area contributed by atoms with Gasteiger partial charge < -0.3 is 4.74 Å². The number of alkyl halides is 3. The fourth-order valence-corrected chi connectivity index (χ4v) is 5.87. The number of nitrogens with zero attached hydrogens (tertiary/aromatic N) is 4. The predicted molar refractivity (Wildman–Crippen MR) is 109 cm³/mol. The first-order valence-electron chi connectivity index (χ1n) is 10.6. The van der Waals surface area contributed by atoms with Crippen LogP contribution >= 0.6 is 0 Å². The minimum atomic E-state index is -4.51. The Morgan fingerprint density at radius 2 is 1.78 bits per heavy atom. The van der Waals surface area contributed by atoms with Crippen LogP contribution in [0.4, 0.5) is 13.2 Å². The van der Waals surface area contributed by atoms with Crippen LogP contribution in [0.15, 0.2) is 41.4 Å². The summed E-state index contributed by atoms with van der Waals surface area (Å²) < 4.78 is 71.7. The smallest absolute Gasteiger partial charge is 0.416 e. The van der Waals surface area contributed by atoms with Gasteiger partial charge in [-0.25, -0.2) is 13.4 Å². The second kappa shape index (κ2) is 7.96. The third kappa shape index (κ3) is 4.33. The SMILES string of the molecule is O=S(=O)(c1ccc(C(F)(F)F)cc1)N1CCN2C[C@@H](Oc3nccc(C4CC4)n3)C[C@H]2C1. The number of halogens is 3. The van der Waals surface area contributed by atoms with Gasteiger partial charge in [-0.15, -0.1) is 0 Å². The first-order chi connectivity index (χ1) is 15.2. The van der Waals surface area contributed by atoms with Gasteiger partial charge in [0.1, 0.15) is 6.10 Å². The van der Waals surface area contributed by atoms with E-state index in [1.54, 1.807) is 6.20 Å². The molecule has 0 N–H and O–H groups in total. The summed E-state index contributed by atoms with van der Waals surface area (Å²) in [6, 6.07) is 5.89. The van der Waals surface area contributed by atoms with Crippen molar-refractivity contribution in [3.8, 4) is 6.01 Å². The molecule has 0 bridgehead atoms. The molecule has 0 unspecified atom stereocenters. The van der Waals surface area contributed by atoms with E-state index in [4.69, 9.17) is 4.74 Å². The molecule has 0 spiro atoms. The fraction of sp³-hybridized carbons (Fsp3) is 0.524. The molecule has 5 rings (SSSR count). The molecule has 1 aromatic heterocycles. The second-order valence-electron chi connectivity index (χ2n) is 8.55. The van der Waals surface area contributed by atoms with Crippen molar-refractivity contribution in [2.24, 2.45) is 0 Å². The highest BCUT2D eigenvalue weighted by atomic mass is 32.2. The van der Waals surface area contributed by atoms with Crippen LogP contribution in [-0.4, -0.2) is 65.9 Å². The number of ether oxygens (including phenoxy) is 1. The molecular formula is C21H23F3N4O3S. The van der Waals surface area contributed by atoms with Crippen LogP contribution in [0, 0.1) is 0 Å². The third-order valence-corrected chi connectivity index (χ3v) is 8.16. The van der Waals surface area contributed by atoms with Gasteiger partial charge in [0.2, 0.25) is 10.0 Å². The zero-order chi connectivity index (χ0) is 22.5. The molecule has 1 aromatic carbocycles. The van der Waals surface area contributed by atoms with Crippen molar-refractivity contribution in [1.82, 2.24) is 19.2 Å².